The van der Waals surface area contributed by atoms with Crippen molar-refractivity contribution in [1.82, 2.24) is 0 Å². The highest BCUT2D eigenvalue weighted by Gasteiger charge is 2.42. The molecule has 0 spiro atoms. The van der Waals surface area contributed by atoms with Crippen LogP contribution in [-0.2, 0) is 14.3 Å². The number of esters is 1. The van der Waals surface area contributed by atoms with E-state index < -0.39 is 5.91 Å². The highest BCUT2D eigenvalue weighted by atomic mass is 16.5. The molecule has 1 rings (SSSR count). The Bertz CT molecular complexity index is 247. The van der Waals surface area contributed by atoms with Crippen LogP contribution in [0.2, 0.25) is 0 Å². The van der Waals surface area contributed by atoms with Crippen LogP contribution in [0.15, 0.2) is 12.2 Å². The first-order chi connectivity index (χ1) is 6.15. The van der Waals surface area contributed by atoms with Gasteiger partial charge in [0.1, 0.15) is 0 Å². The van der Waals surface area contributed by atoms with Crippen molar-refractivity contribution in [3.05, 3.63) is 12.2 Å². The van der Waals surface area contributed by atoms with Crippen LogP contribution >= 0.6 is 0 Å². The van der Waals surface area contributed by atoms with Crippen molar-refractivity contribution in [3.8, 4) is 0 Å². The Morgan fingerprint density at radius 1 is 1.62 bits per heavy atom. The van der Waals surface area contributed by atoms with E-state index in [9.17, 15) is 9.59 Å². The molecule has 0 bridgehead atoms. The predicted octanol–water partition coefficient (Wildman–Crippen LogP) is 0.227. The van der Waals surface area contributed by atoms with Crippen LogP contribution in [0, 0.1) is 11.8 Å². The molecule has 0 radical (unpaired) electrons. The molecule has 0 aromatic rings. The summed E-state index contributed by atoms with van der Waals surface area (Å²) in [5.74, 6) is -0.571. The third kappa shape index (κ3) is 2.89. The predicted molar refractivity (Wildman–Crippen MR) is 46.6 cm³/mol. The first kappa shape index (κ1) is 9.77. The minimum atomic E-state index is -0.477. The molecule has 1 aliphatic carbocycles. The summed E-state index contributed by atoms with van der Waals surface area (Å²) in [7, 11) is 0. The molecule has 13 heavy (non-hydrogen) atoms. The molecule has 1 saturated carbocycles. The van der Waals surface area contributed by atoms with E-state index in [2.05, 4.69) is 0 Å². The van der Waals surface area contributed by atoms with Gasteiger partial charge in [0.05, 0.1) is 12.5 Å². The van der Waals surface area contributed by atoms with Gasteiger partial charge in [-0.1, -0.05) is 6.08 Å². The zero-order valence-electron chi connectivity index (χ0n) is 7.53. The Kier molecular flexibility index (Phi) is 3.06. The lowest BCUT2D eigenvalue weighted by atomic mass is 10.3. The van der Waals surface area contributed by atoms with Gasteiger partial charge in [0.25, 0.3) is 0 Å². The lowest BCUT2D eigenvalue weighted by Crippen LogP contribution is -2.08. The van der Waals surface area contributed by atoms with Crippen LogP contribution in [0.5, 0.6) is 0 Å². The van der Waals surface area contributed by atoms with Gasteiger partial charge in [0.15, 0.2) is 0 Å². The SMILES string of the molecule is CCOC(=O)[C@@H]1C[C@@H]1/C=C/C(N)=O. The Balaban J connectivity index is 2.30. The standard InChI is InChI=1S/C9H13NO3/c1-2-13-9(12)7-5-6(7)3-4-8(10)11/h3-4,6-7H,2,5H2,1H3,(H2,10,11)/b4-3+/t6-,7+/m0/s1. The Morgan fingerprint density at radius 2 is 2.31 bits per heavy atom. The number of hydrogen-bond acceptors (Lipinski definition) is 3. The van der Waals surface area contributed by atoms with Gasteiger partial charge in [-0.15, -0.1) is 0 Å². The van der Waals surface area contributed by atoms with E-state index in [1.807, 2.05) is 0 Å². The molecule has 0 saturated heterocycles. The van der Waals surface area contributed by atoms with Crippen molar-refractivity contribution in [1.29, 1.82) is 0 Å². The van der Waals surface area contributed by atoms with Crippen molar-refractivity contribution in [2.45, 2.75) is 13.3 Å². The lowest BCUT2D eigenvalue weighted by molar-refractivity contribution is -0.144. The van der Waals surface area contributed by atoms with Crippen molar-refractivity contribution in [2.75, 3.05) is 6.61 Å². The van der Waals surface area contributed by atoms with E-state index in [-0.39, 0.29) is 17.8 Å². The molecule has 72 valence electrons. The number of allylic oxidation sites excluding steroid dienone is 1. The van der Waals surface area contributed by atoms with Gasteiger partial charge in [-0.05, 0) is 25.3 Å². The van der Waals surface area contributed by atoms with Gasteiger partial charge < -0.3 is 10.5 Å². The lowest BCUT2D eigenvalue weighted by Gasteiger charge is -1.97. The number of primary amides is 1. The summed E-state index contributed by atoms with van der Waals surface area (Å²) < 4.78 is 4.81. The highest BCUT2D eigenvalue weighted by molar-refractivity contribution is 5.86. The number of ether oxygens (including phenoxy) is 1. The normalized spacial score (nSPS) is 25.9. The van der Waals surface area contributed by atoms with Gasteiger partial charge in [0, 0.05) is 0 Å². The third-order valence-corrected chi connectivity index (χ3v) is 1.94. The maximum atomic E-state index is 11.1. The van der Waals surface area contributed by atoms with E-state index in [1.54, 1.807) is 13.0 Å². The van der Waals surface area contributed by atoms with E-state index in [0.717, 1.165) is 6.42 Å². The monoisotopic (exact) mass is 183 g/mol. The summed E-state index contributed by atoms with van der Waals surface area (Å²) in [6.45, 7) is 2.18. The summed E-state index contributed by atoms with van der Waals surface area (Å²) in [5.41, 5.74) is 4.91. The van der Waals surface area contributed by atoms with E-state index >= 15 is 0 Å². The molecular formula is C9H13NO3. The molecule has 4 heteroatoms. The molecule has 4 nitrogen and oxygen atoms in total. The zero-order chi connectivity index (χ0) is 9.84. The second-order valence-corrected chi connectivity index (χ2v) is 3.02. The number of amides is 1. The minimum absolute atomic E-state index is 0.0597. The molecule has 1 fully saturated rings. The van der Waals surface area contributed by atoms with Gasteiger partial charge in [0.2, 0.25) is 5.91 Å². The van der Waals surface area contributed by atoms with Gasteiger partial charge >= 0.3 is 5.97 Å². The number of carbonyl (C=O) groups excluding carboxylic acids is 2. The molecule has 0 aliphatic heterocycles. The highest BCUT2D eigenvalue weighted by Crippen LogP contribution is 2.40. The second-order valence-electron chi connectivity index (χ2n) is 3.02. The molecule has 2 N–H and O–H groups in total. The summed E-state index contributed by atoms with van der Waals surface area (Å²) in [5, 5.41) is 0. The number of nitrogens with two attached hydrogens (primary N) is 1. The number of rotatable bonds is 4. The second kappa shape index (κ2) is 4.07. The van der Waals surface area contributed by atoms with Crippen LogP contribution in [0.3, 0.4) is 0 Å². The van der Waals surface area contributed by atoms with Gasteiger partial charge in [-0.25, -0.2) is 0 Å². The topological polar surface area (TPSA) is 69.4 Å². The van der Waals surface area contributed by atoms with E-state index in [4.69, 9.17) is 10.5 Å². The zero-order valence-corrected chi connectivity index (χ0v) is 7.53. The minimum Gasteiger partial charge on any atom is -0.466 e. The van der Waals surface area contributed by atoms with E-state index in [1.165, 1.54) is 6.08 Å². The van der Waals surface area contributed by atoms with Crippen molar-refractivity contribution in [2.24, 2.45) is 17.6 Å². The van der Waals surface area contributed by atoms with Gasteiger partial charge in [-0.3, -0.25) is 9.59 Å². The van der Waals surface area contributed by atoms with Crippen molar-refractivity contribution in [3.63, 3.8) is 0 Å². The summed E-state index contributed by atoms with van der Waals surface area (Å²) in [6, 6.07) is 0. The quantitative estimate of drug-likeness (QED) is 0.501. The number of carbonyl (C=O) groups is 2. The van der Waals surface area contributed by atoms with Crippen LogP contribution in [-0.4, -0.2) is 18.5 Å². The summed E-state index contributed by atoms with van der Waals surface area (Å²) >= 11 is 0. The molecule has 0 aromatic heterocycles. The van der Waals surface area contributed by atoms with Crippen molar-refractivity contribution >= 4 is 11.9 Å². The average molecular weight is 183 g/mol. The molecule has 0 aromatic carbocycles. The average Bonchev–Trinajstić information content (AvgIpc) is 2.80. The van der Waals surface area contributed by atoms with Crippen LogP contribution in [0.25, 0.3) is 0 Å². The third-order valence-electron chi connectivity index (χ3n) is 1.94. The van der Waals surface area contributed by atoms with Gasteiger partial charge in [-0.2, -0.15) is 0 Å². The molecule has 1 aliphatic rings. The fourth-order valence-electron chi connectivity index (χ4n) is 1.17. The fourth-order valence-corrected chi connectivity index (χ4v) is 1.17. The molecule has 2 atom stereocenters. The van der Waals surface area contributed by atoms with E-state index in [0.29, 0.717) is 6.61 Å². The Morgan fingerprint density at radius 3 is 2.85 bits per heavy atom. The van der Waals surface area contributed by atoms with Crippen LogP contribution in [0.4, 0.5) is 0 Å². The summed E-state index contributed by atoms with van der Waals surface area (Å²) in [6.07, 6.45) is 3.73. The fraction of sp³-hybridized carbons (Fsp3) is 0.556. The molecular weight excluding hydrogens is 170 g/mol. The largest absolute Gasteiger partial charge is 0.466 e. The Labute approximate surface area is 76.7 Å². The number of hydrogen-bond donors (Lipinski definition) is 1. The van der Waals surface area contributed by atoms with Crippen LogP contribution < -0.4 is 5.73 Å². The molecule has 1 amide bonds. The van der Waals surface area contributed by atoms with Crippen molar-refractivity contribution < 1.29 is 14.3 Å². The summed E-state index contributed by atoms with van der Waals surface area (Å²) in [4.78, 5) is 21.4. The molecule has 0 unspecified atom stereocenters. The maximum Gasteiger partial charge on any atom is 0.309 e. The molecule has 0 heterocycles. The first-order valence-corrected chi connectivity index (χ1v) is 4.29. The Hall–Kier alpha value is -1.32. The maximum absolute atomic E-state index is 11.1. The van der Waals surface area contributed by atoms with Crippen LogP contribution in [0.1, 0.15) is 13.3 Å². The first-order valence-electron chi connectivity index (χ1n) is 4.29. The smallest absolute Gasteiger partial charge is 0.309 e.